The topological polar surface area (TPSA) is 85.5 Å². The predicted molar refractivity (Wildman–Crippen MR) is 91.3 cm³/mol. The zero-order valence-electron chi connectivity index (χ0n) is 13.3. The first-order valence-electron chi connectivity index (χ1n) is 7.90. The lowest BCUT2D eigenvalue weighted by atomic mass is 10.00. The smallest absolute Gasteiger partial charge is 0.238 e. The number of likely N-dealkylation sites (tertiary alicyclic amines) is 1. The highest BCUT2D eigenvalue weighted by molar-refractivity contribution is 7.89. The minimum absolute atomic E-state index is 0.0922. The van der Waals surface area contributed by atoms with Gasteiger partial charge in [-0.3, -0.25) is 9.88 Å². The standard InChI is InChI=1S/C17H21N3O3S/c18-24(21,22)17-3-1-16(2-4-17)23-12-11-20-10-7-15(13-20)14-5-8-19-9-6-14/h1-6,8-9,15H,7,10-13H2,(H2,18,21,22). The number of rotatable bonds is 6. The highest BCUT2D eigenvalue weighted by Crippen LogP contribution is 2.26. The number of ether oxygens (including phenoxy) is 1. The third-order valence-corrected chi connectivity index (χ3v) is 5.21. The van der Waals surface area contributed by atoms with Gasteiger partial charge in [-0.05, 0) is 60.8 Å². The Kier molecular flexibility index (Phi) is 5.13. The normalized spacial score (nSPS) is 18.6. The second kappa shape index (κ2) is 7.29. The zero-order valence-corrected chi connectivity index (χ0v) is 14.2. The molecule has 1 fully saturated rings. The van der Waals surface area contributed by atoms with Crippen LogP contribution in [-0.4, -0.2) is 44.5 Å². The van der Waals surface area contributed by atoms with Crippen LogP contribution in [0.5, 0.6) is 5.75 Å². The van der Waals surface area contributed by atoms with Gasteiger partial charge in [0, 0.05) is 25.5 Å². The van der Waals surface area contributed by atoms with Crippen LogP contribution in [0, 0.1) is 0 Å². The molecule has 24 heavy (non-hydrogen) atoms. The summed E-state index contributed by atoms with van der Waals surface area (Å²) in [6.07, 6.45) is 4.83. The third kappa shape index (κ3) is 4.31. The fourth-order valence-electron chi connectivity index (χ4n) is 2.96. The number of nitrogens with two attached hydrogens (primary N) is 1. The van der Waals surface area contributed by atoms with E-state index in [9.17, 15) is 8.42 Å². The molecule has 2 heterocycles. The number of pyridine rings is 1. The van der Waals surface area contributed by atoms with Gasteiger partial charge in [0.25, 0.3) is 0 Å². The number of nitrogens with zero attached hydrogens (tertiary/aromatic N) is 2. The number of hydrogen-bond acceptors (Lipinski definition) is 5. The fourth-order valence-corrected chi connectivity index (χ4v) is 3.48. The van der Waals surface area contributed by atoms with E-state index in [1.807, 2.05) is 12.4 Å². The largest absolute Gasteiger partial charge is 0.492 e. The van der Waals surface area contributed by atoms with Gasteiger partial charge in [0.1, 0.15) is 12.4 Å². The molecule has 3 rings (SSSR count). The summed E-state index contributed by atoms with van der Waals surface area (Å²) < 4.78 is 28.1. The van der Waals surface area contributed by atoms with Gasteiger partial charge in [-0.2, -0.15) is 0 Å². The Balaban J connectivity index is 1.46. The lowest BCUT2D eigenvalue weighted by Gasteiger charge is -2.16. The summed E-state index contributed by atoms with van der Waals surface area (Å²) in [6, 6.07) is 10.3. The second-order valence-electron chi connectivity index (χ2n) is 5.93. The molecule has 1 aromatic carbocycles. The monoisotopic (exact) mass is 347 g/mol. The highest BCUT2D eigenvalue weighted by atomic mass is 32.2. The Bertz CT molecular complexity index is 763. The maximum Gasteiger partial charge on any atom is 0.238 e. The number of sulfonamides is 1. The number of primary sulfonamides is 1. The molecule has 0 aliphatic carbocycles. The quantitative estimate of drug-likeness (QED) is 0.858. The molecule has 2 aromatic rings. The molecule has 2 N–H and O–H groups in total. The van der Waals surface area contributed by atoms with Gasteiger partial charge in [-0.15, -0.1) is 0 Å². The van der Waals surface area contributed by atoms with Crippen molar-refractivity contribution in [3.63, 3.8) is 0 Å². The van der Waals surface area contributed by atoms with Crippen LogP contribution in [0.4, 0.5) is 0 Å². The summed E-state index contributed by atoms with van der Waals surface area (Å²) in [5.74, 6) is 1.20. The molecule has 1 aliphatic heterocycles. The van der Waals surface area contributed by atoms with E-state index in [0.29, 0.717) is 18.3 Å². The molecule has 0 spiro atoms. The van der Waals surface area contributed by atoms with Crippen molar-refractivity contribution >= 4 is 10.0 Å². The summed E-state index contributed by atoms with van der Waals surface area (Å²) in [5, 5.41) is 5.07. The average Bonchev–Trinajstić information content (AvgIpc) is 3.04. The van der Waals surface area contributed by atoms with Gasteiger partial charge in [0.05, 0.1) is 4.90 Å². The molecular weight excluding hydrogens is 326 g/mol. The molecule has 1 unspecified atom stereocenters. The molecule has 1 saturated heterocycles. The van der Waals surface area contributed by atoms with Crippen molar-refractivity contribution in [2.24, 2.45) is 5.14 Å². The molecular formula is C17H21N3O3S. The van der Waals surface area contributed by atoms with E-state index < -0.39 is 10.0 Å². The molecule has 0 amide bonds. The van der Waals surface area contributed by atoms with Crippen molar-refractivity contribution in [3.8, 4) is 5.75 Å². The maximum atomic E-state index is 11.2. The number of hydrogen-bond donors (Lipinski definition) is 1. The van der Waals surface area contributed by atoms with Crippen LogP contribution in [-0.2, 0) is 10.0 Å². The van der Waals surface area contributed by atoms with Crippen LogP contribution >= 0.6 is 0 Å². The maximum absolute atomic E-state index is 11.2. The van der Waals surface area contributed by atoms with Crippen LogP contribution in [0.15, 0.2) is 53.7 Å². The first kappa shape index (κ1) is 16.9. The van der Waals surface area contributed by atoms with Crippen LogP contribution in [0.2, 0.25) is 0 Å². The minimum atomic E-state index is -3.65. The van der Waals surface area contributed by atoms with Gasteiger partial charge in [0.2, 0.25) is 10.0 Å². The van der Waals surface area contributed by atoms with Crippen molar-refractivity contribution in [1.29, 1.82) is 0 Å². The average molecular weight is 347 g/mol. The Hall–Kier alpha value is -1.96. The molecule has 128 valence electrons. The molecule has 1 aliphatic rings. The van der Waals surface area contributed by atoms with Crippen molar-refractivity contribution in [1.82, 2.24) is 9.88 Å². The zero-order chi connectivity index (χ0) is 17.0. The third-order valence-electron chi connectivity index (χ3n) is 4.28. The Morgan fingerprint density at radius 2 is 1.88 bits per heavy atom. The molecule has 0 radical (unpaired) electrons. The summed E-state index contributed by atoms with van der Waals surface area (Å²) in [5.41, 5.74) is 1.34. The Morgan fingerprint density at radius 3 is 2.54 bits per heavy atom. The second-order valence-corrected chi connectivity index (χ2v) is 7.49. The van der Waals surface area contributed by atoms with Gasteiger partial charge in [0.15, 0.2) is 0 Å². The molecule has 6 nitrogen and oxygen atoms in total. The Morgan fingerprint density at radius 1 is 1.17 bits per heavy atom. The van der Waals surface area contributed by atoms with E-state index in [4.69, 9.17) is 9.88 Å². The SMILES string of the molecule is NS(=O)(=O)c1ccc(OCCN2CCC(c3ccncc3)C2)cc1. The van der Waals surface area contributed by atoms with Crippen LogP contribution in [0.25, 0.3) is 0 Å². The summed E-state index contributed by atoms with van der Waals surface area (Å²) in [6.45, 7) is 3.49. The minimum Gasteiger partial charge on any atom is -0.492 e. The highest BCUT2D eigenvalue weighted by Gasteiger charge is 2.23. The van der Waals surface area contributed by atoms with Crippen molar-refractivity contribution in [3.05, 3.63) is 54.4 Å². The predicted octanol–water partition coefficient (Wildman–Crippen LogP) is 1.60. The summed E-state index contributed by atoms with van der Waals surface area (Å²) >= 11 is 0. The Labute approximate surface area is 142 Å². The van der Waals surface area contributed by atoms with E-state index in [1.165, 1.54) is 17.7 Å². The van der Waals surface area contributed by atoms with Crippen molar-refractivity contribution in [2.45, 2.75) is 17.2 Å². The van der Waals surface area contributed by atoms with E-state index in [-0.39, 0.29) is 4.90 Å². The van der Waals surface area contributed by atoms with Crippen molar-refractivity contribution in [2.75, 3.05) is 26.2 Å². The molecule has 1 atom stereocenters. The van der Waals surface area contributed by atoms with Gasteiger partial charge >= 0.3 is 0 Å². The van der Waals surface area contributed by atoms with Gasteiger partial charge < -0.3 is 4.74 Å². The lowest BCUT2D eigenvalue weighted by Crippen LogP contribution is -2.26. The number of benzene rings is 1. The molecule has 0 bridgehead atoms. The van der Waals surface area contributed by atoms with Crippen molar-refractivity contribution < 1.29 is 13.2 Å². The first-order chi connectivity index (χ1) is 11.5. The molecule has 1 aromatic heterocycles. The molecule has 7 heteroatoms. The van der Waals surface area contributed by atoms with E-state index >= 15 is 0 Å². The van der Waals surface area contributed by atoms with Gasteiger partial charge in [-0.25, -0.2) is 13.6 Å². The summed E-state index contributed by atoms with van der Waals surface area (Å²) in [4.78, 5) is 6.53. The summed E-state index contributed by atoms with van der Waals surface area (Å²) in [7, 11) is -3.65. The number of aromatic nitrogens is 1. The van der Waals surface area contributed by atoms with Crippen LogP contribution in [0.3, 0.4) is 0 Å². The van der Waals surface area contributed by atoms with E-state index in [1.54, 1.807) is 12.1 Å². The van der Waals surface area contributed by atoms with E-state index in [0.717, 1.165) is 26.1 Å². The lowest BCUT2D eigenvalue weighted by molar-refractivity contribution is 0.236. The molecule has 0 saturated carbocycles. The van der Waals surface area contributed by atoms with Crippen LogP contribution < -0.4 is 9.88 Å². The van der Waals surface area contributed by atoms with Crippen LogP contribution in [0.1, 0.15) is 17.9 Å². The van der Waals surface area contributed by atoms with E-state index in [2.05, 4.69) is 22.0 Å². The van der Waals surface area contributed by atoms with Gasteiger partial charge in [-0.1, -0.05) is 0 Å². The first-order valence-corrected chi connectivity index (χ1v) is 9.45. The fraction of sp³-hybridized carbons (Fsp3) is 0.353.